The van der Waals surface area contributed by atoms with E-state index in [4.69, 9.17) is 0 Å². The minimum Gasteiger partial charge on any atom is -0.0622 e. The first-order chi connectivity index (χ1) is 29.7. The number of hydrogen-bond donors (Lipinski definition) is 0. The summed E-state index contributed by atoms with van der Waals surface area (Å²) < 4.78 is 0. The van der Waals surface area contributed by atoms with Crippen molar-refractivity contribution in [2.75, 3.05) is 0 Å². The summed E-state index contributed by atoms with van der Waals surface area (Å²) in [5.74, 6) is 35.5. The summed E-state index contributed by atoms with van der Waals surface area (Å²) in [5.41, 5.74) is 9.47. The molecule has 270 valence electrons. The van der Waals surface area contributed by atoms with E-state index in [-0.39, 0.29) is 0 Å². The van der Waals surface area contributed by atoms with Crippen LogP contribution in [0.3, 0.4) is 0 Å². The zero-order valence-electron chi connectivity index (χ0n) is 32.3. The van der Waals surface area contributed by atoms with Crippen LogP contribution in [0.5, 0.6) is 0 Å². The van der Waals surface area contributed by atoms with Gasteiger partial charge in [0.1, 0.15) is 0 Å². The van der Waals surface area contributed by atoms with Crippen molar-refractivity contribution < 1.29 is 0 Å². The highest BCUT2D eigenvalue weighted by Gasteiger charge is 2.26. The van der Waals surface area contributed by atoms with Crippen molar-refractivity contribution >= 4 is 53.9 Å². The van der Waals surface area contributed by atoms with Crippen LogP contribution in [0.1, 0.15) is 55.6 Å². The lowest BCUT2D eigenvalue weighted by atomic mass is 9.90. The van der Waals surface area contributed by atoms with Crippen LogP contribution in [0.4, 0.5) is 0 Å². The van der Waals surface area contributed by atoms with Crippen molar-refractivity contribution in [1.82, 2.24) is 0 Å². The summed E-state index contributed by atoms with van der Waals surface area (Å²) in [7, 11) is 0. The van der Waals surface area contributed by atoms with Crippen molar-refractivity contribution in [3.63, 3.8) is 0 Å². The molecule has 0 heterocycles. The first-order valence-electron chi connectivity index (χ1n) is 19.9. The number of hydrogen-bond acceptors (Lipinski definition) is 0. The second-order valence-corrected chi connectivity index (χ2v) is 14.8. The van der Waals surface area contributed by atoms with E-state index in [2.05, 4.69) is 150 Å². The van der Waals surface area contributed by atoms with E-state index in [1.807, 2.05) is 91.0 Å². The van der Waals surface area contributed by atoms with Gasteiger partial charge in [-0.3, -0.25) is 0 Å². The van der Waals surface area contributed by atoms with Gasteiger partial charge in [-0.25, -0.2) is 0 Å². The maximum Gasteiger partial charge on any atom is 0.0335 e. The normalized spacial score (nSPS) is 10.7. The van der Waals surface area contributed by atoms with Crippen LogP contribution in [-0.2, 0) is 0 Å². The molecule has 0 aliphatic rings. The minimum atomic E-state index is 0.936. The quantitative estimate of drug-likeness (QED) is 0.107. The molecule has 0 saturated carbocycles. The monoisotopic (exact) mass is 750 g/mol. The molecule has 0 bridgehead atoms. The molecule has 0 radical (unpaired) electrons. The summed E-state index contributed by atoms with van der Waals surface area (Å²) in [6.07, 6.45) is 0. The van der Waals surface area contributed by atoms with Gasteiger partial charge in [0.2, 0.25) is 0 Å². The fourth-order valence-corrected chi connectivity index (χ4v) is 8.33. The van der Waals surface area contributed by atoms with Gasteiger partial charge in [0.25, 0.3) is 0 Å². The standard InChI is InChI=1S/C60H30/c1-6-16-41(17-7-1)26-31-46-36-52-48(33-28-43-20-10-3-11-21-43)38-54-50(35-30-45-24-14-5-15-25-45)40-55-49(34-29-44-22-12-4-13-23-44)39-53-47(32-27-42-18-8-2-9-19-42)37-51(46)56-57(52)59(54)60(55)58(53)56/h1-25,36-40H. The molecule has 0 fully saturated rings. The molecule has 11 aromatic carbocycles. The van der Waals surface area contributed by atoms with Crippen molar-refractivity contribution in [1.29, 1.82) is 0 Å². The van der Waals surface area contributed by atoms with Crippen LogP contribution < -0.4 is 0 Å². The Bertz CT molecular complexity index is 3120. The highest BCUT2D eigenvalue weighted by Crippen LogP contribution is 2.52. The molecule has 0 unspecified atom stereocenters. The van der Waals surface area contributed by atoms with Crippen molar-refractivity contribution in [3.8, 4) is 59.2 Å². The molecule has 0 N–H and O–H groups in total. The van der Waals surface area contributed by atoms with E-state index >= 15 is 0 Å². The Kier molecular flexibility index (Phi) is 8.44. The predicted molar refractivity (Wildman–Crippen MR) is 250 cm³/mol. The van der Waals surface area contributed by atoms with Crippen LogP contribution in [0.25, 0.3) is 53.9 Å². The third-order valence-electron chi connectivity index (χ3n) is 11.1. The van der Waals surface area contributed by atoms with Crippen molar-refractivity contribution in [3.05, 3.63) is 238 Å². The average molecular weight is 751 g/mol. The van der Waals surface area contributed by atoms with Crippen LogP contribution >= 0.6 is 0 Å². The molecular formula is C60H30. The van der Waals surface area contributed by atoms with Crippen molar-refractivity contribution in [2.24, 2.45) is 0 Å². The maximum atomic E-state index is 3.62. The average Bonchev–Trinajstić information content (AvgIpc) is 3.68. The highest BCUT2D eigenvalue weighted by molar-refractivity contribution is 6.46. The summed E-state index contributed by atoms with van der Waals surface area (Å²) in [6.45, 7) is 0. The summed E-state index contributed by atoms with van der Waals surface area (Å²) in [4.78, 5) is 0. The van der Waals surface area contributed by atoms with E-state index < -0.39 is 0 Å². The fraction of sp³-hybridized carbons (Fsp3) is 0. The van der Waals surface area contributed by atoms with Gasteiger partial charge in [0.05, 0.1) is 0 Å². The smallest absolute Gasteiger partial charge is 0.0335 e. The maximum absolute atomic E-state index is 3.62. The van der Waals surface area contributed by atoms with Gasteiger partial charge in [-0.15, -0.1) is 0 Å². The predicted octanol–water partition coefficient (Wildman–Crippen LogP) is 12.8. The van der Waals surface area contributed by atoms with E-state index in [9.17, 15) is 0 Å². The molecule has 0 aromatic heterocycles. The van der Waals surface area contributed by atoms with Gasteiger partial charge in [-0.05, 0) is 118 Å². The lowest BCUT2D eigenvalue weighted by molar-refractivity contribution is 1.64. The molecule has 11 rings (SSSR count). The lowest BCUT2D eigenvalue weighted by Crippen LogP contribution is -1.90. The summed E-state index contributed by atoms with van der Waals surface area (Å²) >= 11 is 0. The van der Waals surface area contributed by atoms with E-state index in [0.717, 1.165) is 82.6 Å². The summed E-state index contributed by atoms with van der Waals surface area (Å²) in [6, 6.07) is 62.1. The van der Waals surface area contributed by atoms with Gasteiger partial charge in [-0.1, -0.05) is 150 Å². The Balaban J connectivity index is 1.31. The first kappa shape index (κ1) is 34.5. The fourth-order valence-electron chi connectivity index (χ4n) is 8.33. The van der Waals surface area contributed by atoms with Crippen molar-refractivity contribution in [2.45, 2.75) is 0 Å². The van der Waals surface area contributed by atoms with Crippen LogP contribution in [0, 0.1) is 59.2 Å². The Labute approximate surface area is 349 Å². The summed E-state index contributed by atoms with van der Waals surface area (Å²) in [5, 5.41) is 11.2. The number of benzene rings is 10. The van der Waals surface area contributed by atoms with E-state index in [0.29, 0.717) is 0 Å². The molecule has 0 saturated heterocycles. The molecule has 0 atom stereocenters. The van der Waals surface area contributed by atoms with Gasteiger partial charge < -0.3 is 0 Å². The Morgan fingerprint density at radius 3 is 0.517 bits per heavy atom. The largest absolute Gasteiger partial charge is 0.0622 e. The topological polar surface area (TPSA) is 0 Å². The molecular weight excluding hydrogens is 721 g/mol. The Morgan fingerprint density at radius 1 is 0.183 bits per heavy atom. The third kappa shape index (κ3) is 6.19. The van der Waals surface area contributed by atoms with E-state index in [1.165, 1.54) is 26.9 Å². The molecule has 0 aliphatic heterocycles. The zero-order chi connectivity index (χ0) is 39.8. The molecule has 60 heavy (non-hydrogen) atoms. The molecule has 0 aliphatic carbocycles. The Hall–Kier alpha value is -8.70. The number of rotatable bonds is 0. The molecule has 0 amide bonds. The van der Waals surface area contributed by atoms with Gasteiger partial charge >= 0.3 is 0 Å². The molecule has 0 nitrogen and oxygen atoms in total. The highest BCUT2D eigenvalue weighted by atomic mass is 14.3. The van der Waals surface area contributed by atoms with Crippen LogP contribution in [0.2, 0.25) is 0 Å². The van der Waals surface area contributed by atoms with Gasteiger partial charge in [0.15, 0.2) is 0 Å². The van der Waals surface area contributed by atoms with Gasteiger partial charge in [0, 0.05) is 82.6 Å². The SMILES string of the molecule is C(#Cc1cc2c(C#Cc3ccccc3)cc3c(C#Cc4ccccc4)cc4c(C#Cc5ccccc5)cc5c(C#Cc6ccccc6)cc1c1c5c4c3c21)c1ccccc1. The second-order valence-electron chi connectivity index (χ2n) is 14.8. The van der Waals surface area contributed by atoms with Crippen LogP contribution in [-0.4, -0.2) is 0 Å². The zero-order valence-corrected chi connectivity index (χ0v) is 32.3. The Morgan fingerprint density at radius 2 is 0.350 bits per heavy atom. The minimum absolute atomic E-state index is 0.936. The molecule has 11 aromatic rings. The van der Waals surface area contributed by atoms with Gasteiger partial charge in [-0.2, -0.15) is 0 Å². The second kappa shape index (κ2) is 14.7. The lowest BCUT2D eigenvalue weighted by Gasteiger charge is -2.11. The molecule has 0 spiro atoms. The molecule has 0 heteroatoms. The third-order valence-corrected chi connectivity index (χ3v) is 11.1. The van der Waals surface area contributed by atoms with Crippen LogP contribution in [0.15, 0.2) is 182 Å². The van der Waals surface area contributed by atoms with E-state index in [1.54, 1.807) is 0 Å². The first-order valence-corrected chi connectivity index (χ1v) is 19.9.